The Kier molecular flexibility index (Phi) is 2.73. The number of alkyl halides is 2. The maximum absolute atomic E-state index is 12.4. The molecule has 0 saturated carbocycles. The van der Waals surface area contributed by atoms with Crippen LogP contribution in [0, 0.1) is 19.8 Å². The first-order valence-electron chi connectivity index (χ1n) is 5.96. The number of hydrogen-bond acceptors (Lipinski definition) is 3. The van der Waals surface area contributed by atoms with Crippen molar-refractivity contribution in [2.75, 3.05) is 18.0 Å². The van der Waals surface area contributed by atoms with E-state index in [4.69, 9.17) is 0 Å². The lowest BCUT2D eigenvalue weighted by Gasteiger charge is -2.38. The Balaban J connectivity index is 1.89. The van der Waals surface area contributed by atoms with E-state index in [2.05, 4.69) is 31.0 Å². The van der Waals surface area contributed by atoms with Crippen molar-refractivity contribution in [1.82, 2.24) is 4.98 Å². The number of nitrogens with zero attached hydrogens (tertiary/aromatic N) is 2. The predicted molar refractivity (Wildman–Crippen MR) is 70.8 cm³/mol. The highest BCUT2D eigenvalue weighted by Crippen LogP contribution is 2.36. The van der Waals surface area contributed by atoms with Gasteiger partial charge in [-0.25, -0.2) is 13.8 Å². The van der Waals surface area contributed by atoms with E-state index >= 15 is 0 Å². The van der Waals surface area contributed by atoms with Crippen LogP contribution in [0.15, 0.2) is 12.1 Å². The van der Waals surface area contributed by atoms with E-state index in [1.54, 1.807) is 11.3 Å². The summed E-state index contributed by atoms with van der Waals surface area (Å²) in [5.74, 6) is -0.486. The van der Waals surface area contributed by atoms with E-state index in [0.717, 1.165) is 15.3 Å². The van der Waals surface area contributed by atoms with Crippen LogP contribution in [0.4, 0.5) is 13.9 Å². The van der Waals surface area contributed by atoms with Gasteiger partial charge >= 0.3 is 0 Å². The van der Waals surface area contributed by atoms with Gasteiger partial charge in [0.2, 0.25) is 6.43 Å². The van der Waals surface area contributed by atoms with Crippen molar-refractivity contribution >= 4 is 26.7 Å². The minimum atomic E-state index is -2.21. The van der Waals surface area contributed by atoms with Gasteiger partial charge in [0, 0.05) is 13.1 Å². The van der Waals surface area contributed by atoms with E-state index in [0.29, 0.717) is 13.1 Å². The molecule has 2 heterocycles. The van der Waals surface area contributed by atoms with Crippen LogP contribution < -0.4 is 4.90 Å². The highest BCUT2D eigenvalue weighted by Gasteiger charge is 2.35. The molecule has 1 aliphatic heterocycles. The zero-order valence-electron chi connectivity index (χ0n) is 10.3. The molecule has 96 valence electrons. The van der Waals surface area contributed by atoms with Gasteiger partial charge in [0.1, 0.15) is 0 Å². The highest BCUT2D eigenvalue weighted by molar-refractivity contribution is 7.22. The first-order valence-corrected chi connectivity index (χ1v) is 6.77. The molecule has 1 aromatic carbocycles. The zero-order chi connectivity index (χ0) is 12.9. The lowest BCUT2D eigenvalue weighted by Crippen LogP contribution is -2.50. The smallest absolute Gasteiger partial charge is 0.244 e. The molecule has 0 atom stereocenters. The minimum absolute atomic E-state index is 0.426. The number of fused-ring (bicyclic) bond motifs is 1. The topological polar surface area (TPSA) is 16.1 Å². The van der Waals surface area contributed by atoms with Gasteiger partial charge in [0.05, 0.1) is 16.1 Å². The van der Waals surface area contributed by atoms with Crippen molar-refractivity contribution in [2.24, 2.45) is 5.92 Å². The standard InChI is InChI=1S/C13H14F2N2S/c1-7-3-4-10-11(8(7)2)16-13(18-10)17-5-9(6-17)12(14)15/h3-4,9,12H,5-6H2,1-2H3. The molecule has 5 heteroatoms. The molecule has 2 nitrogen and oxygen atoms in total. The second-order valence-electron chi connectivity index (χ2n) is 4.85. The number of aryl methyl sites for hydroxylation is 2. The van der Waals surface area contributed by atoms with Crippen molar-refractivity contribution < 1.29 is 8.78 Å². The summed E-state index contributed by atoms with van der Waals surface area (Å²) >= 11 is 1.59. The third kappa shape index (κ3) is 1.77. The predicted octanol–water partition coefficient (Wildman–Crippen LogP) is 3.61. The minimum Gasteiger partial charge on any atom is -0.347 e. The van der Waals surface area contributed by atoms with E-state index in [-0.39, 0.29) is 0 Å². The molecule has 0 N–H and O–H groups in total. The van der Waals surface area contributed by atoms with Gasteiger partial charge in [0.15, 0.2) is 5.13 Å². The van der Waals surface area contributed by atoms with Crippen molar-refractivity contribution in [3.8, 4) is 0 Å². The normalized spacial score (nSPS) is 16.6. The lowest BCUT2D eigenvalue weighted by atomic mass is 10.0. The second kappa shape index (κ2) is 4.16. The quantitative estimate of drug-likeness (QED) is 0.827. The van der Waals surface area contributed by atoms with E-state index in [1.807, 2.05) is 4.90 Å². The maximum atomic E-state index is 12.4. The molecule has 0 amide bonds. The summed E-state index contributed by atoms with van der Waals surface area (Å²) in [5, 5.41) is 0.871. The molecule has 1 aromatic heterocycles. The molecule has 0 unspecified atom stereocenters. The third-order valence-corrected chi connectivity index (χ3v) is 4.69. The van der Waals surface area contributed by atoms with Crippen LogP contribution in [-0.4, -0.2) is 24.5 Å². The van der Waals surface area contributed by atoms with Crippen LogP contribution in [0.3, 0.4) is 0 Å². The molecule has 0 aliphatic carbocycles. The van der Waals surface area contributed by atoms with Crippen LogP contribution in [0.1, 0.15) is 11.1 Å². The van der Waals surface area contributed by atoms with Crippen LogP contribution in [0.25, 0.3) is 10.2 Å². The summed E-state index contributed by atoms with van der Waals surface area (Å²) in [5.41, 5.74) is 3.41. The van der Waals surface area contributed by atoms with Gasteiger partial charge in [-0.2, -0.15) is 0 Å². The SMILES string of the molecule is Cc1ccc2sc(N3CC(C(F)F)C3)nc2c1C. The summed E-state index contributed by atoms with van der Waals surface area (Å²) in [6.07, 6.45) is -2.21. The first kappa shape index (κ1) is 11.8. The summed E-state index contributed by atoms with van der Waals surface area (Å²) in [4.78, 5) is 6.53. The van der Waals surface area contributed by atoms with E-state index in [9.17, 15) is 8.78 Å². The fourth-order valence-corrected chi connectivity index (χ4v) is 3.22. The highest BCUT2D eigenvalue weighted by atomic mass is 32.1. The number of rotatable bonds is 2. The van der Waals surface area contributed by atoms with Crippen molar-refractivity contribution in [2.45, 2.75) is 20.3 Å². The molecule has 1 aliphatic rings. The van der Waals surface area contributed by atoms with Gasteiger partial charge in [-0.05, 0) is 31.0 Å². The summed E-state index contributed by atoms with van der Waals surface area (Å²) in [6.45, 7) is 4.97. The zero-order valence-corrected chi connectivity index (χ0v) is 11.1. The molecule has 18 heavy (non-hydrogen) atoms. The number of benzene rings is 1. The molecule has 1 saturated heterocycles. The Hall–Kier alpha value is -1.23. The summed E-state index contributed by atoms with van der Waals surface area (Å²) in [7, 11) is 0. The Morgan fingerprint density at radius 1 is 1.33 bits per heavy atom. The van der Waals surface area contributed by atoms with Crippen LogP contribution >= 0.6 is 11.3 Å². The molecular weight excluding hydrogens is 254 g/mol. The van der Waals surface area contributed by atoms with Gasteiger partial charge < -0.3 is 4.90 Å². The average Bonchev–Trinajstić information content (AvgIpc) is 2.65. The second-order valence-corrected chi connectivity index (χ2v) is 5.86. The number of aromatic nitrogens is 1. The Morgan fingerprint density at radius 3 is 2.72 bits per heavy atom. The average molecular weight is 268 g/mol. The Labute approximate surface area is 108 Å². The monoisotopic (exact) mass is 268 g/mol. The van der Waals surface area contributed by atoms with Crippen LogP contribution in [-0.2, 0) is 0 Å². The Bertz CT molecular complexity index is 588. The third-order valence-electron chi connectivity index (χ3n) is 3.61. The molecule has 3 rings (SSSR count). The molecule has 1 fully saturated rings. The number of anilines is 1. The summed E-state index contributed by atoms with van der Waals surface area (Å²) in [6, 6.07) is 4.14. The van der Waals surface area contributed by atoms with Crippen molar-refractivity contribution in [3.63, 3.8) is 0 Å². The molecule has 0 bridgehead atoms. The van der Waals surface area contributed by atoms with Gasteiger partial charge in [-0.3, -0.25) is 0 Å². The molecule has 0 spiro atoms. The van der Waals surface area contributed by atoms with Gasteiger partial charge in [0.25, 0.3) is 0 Å². The molecular formula is C13H14F2N2S. The lowest BCUT2D eigenvalue weighted by molar-refractivity contribution is 0.0614. The van der Waals surface area contributed by atoms with E-state index in [1.165, 1.54) is 11.1 Å². The fourth-order valence-electron chi connectivity index (χ4n) is 2.18. The van der Waals surface area contributed by atoms with Gasteiger partial charge in [-0.1, -0.05) is 17.4 Å². The number of hydrogen-bond donors (Lipinski definition) is 0. The summed E-state index contributed by atoms with van der Waals surface area (Å²) < 4.78 is 26.0. The van der Waals surface area contributed by atoms with Gasteiger partial charge in [-0.15, -0.1) is 0 Å². The van der Waals surface area contributed by atoms with Crippen molar-refractivity contribution in [3.05, 3.63) is 23.3 Å². The maximum Gasteiger partial charge on any atom is 0.244 e. The van der Waals surface area contributed by atoms with Crippen LogP contribution in [0.5, 0.6) is 0 Å². The van der Waals surface area contributed by atoms with E-state index < -0.39 is 12.3 Å². The number of thiazole rings is 1. The number of halogens is 2. The van der Waals surface area contributed by atoms with Crippen molar-refractivity contribution in [1.29, 1.82) is 0 Å². The van der Waals surface area contributed by atoms with Crippen LogP contribution in [0.2, 0.25) is 0 Å². The molecule has 2 aromatic rings. The Morgan fingerprint density at radius 2 is 2.06 bits per heavy atom. The fraction of sp³-hybridized carbons (Fsp3) is 0.462. The largest absolute Gasteiger partial charge is 0.347 e. The first-order chi connectivity index (χ1) is 8.56. The molecule has 0 radical (unpaired) electrons.